The number of morpholine rings is 1. The molecule has 1 aliphatic rings. The Kier molecular flexibility index (Phi) is 5.28. The third-order valence-corrected chi connectivity index (χ3v) is 3.35. The van der Waals surface area contributed by atoms with Gasteiger partial charge in [0.05, 0.1) is 25.0 Å². The molecule has 1 saturated heterocycles. The molecule has 1 aliphatic heterocycles. The lowest BCUT2D eigenvalue weighted by atomic mass is 10.2. The highest BCUT2D eigenvalue weighted by molar-refractivity contribution is 5.46. The van der Waals surface area contributed by atoms with Gasteiger partial charge in [0.1, 0.15) is 11.6 Å². The zero-order valence-corrected chi connectivity index (χ0v) is 11.5. The molecule has 2 rings (SSSR count). The summed E-state index contributed by atoms with van der Waals surface area (Å²) in [5.74, 6) is -0.973. The fraction of sp³-hybridized carbons (Fsp3) is 0.571. The van der Waals surface area contributed by atoms with Crippen molar-refractivity contribution in [2.75, 3.05) is 44.7 Å². The molecular weight excluding hydrogens is 266 g/mol. The Hall–Kier alpha value is -1.24. The van der Waals surface area contributed by atoms with E-state index in [9.17, 15) is 13.9 Å². The highest BCUT2D eigenvalue weighted by Crippen LogP contribution is 2.18. The molecule has 4 nitrogen and oxygen atoms in total. The summed E-state index contributed by atoms with van der Waals surface area (Å²) in [5, 5.41) is 12.7. The Morgan fingerprint density at radius 3 is 2.70 bits per heavy atom. The van der Waals surface area contributed by atoms with E-state index in [1.165, 1.54) is 6.92 Å². The summed E-state index contributed by atoms with van der Waals surface area (Å²) in [6, 6.07) is 2.26. The van der Waals surface area contributed by atoms with Gasteiger partial charge in [-0.05, 0) is 18.6 Å². The van der Waals surface area contributed by atoms with Gasteiger partial charge in [-0.1, -0.05) is 0 Å². The van der Waals surface area contributed by atoms with Crippen molar-refractivity contribution in [3.8, 4) is 0 Å². The van der Waals surface area contributed by atoms with Gasteiger partial charge in [-0.25, -0.2) is 8.78 Å². The molecule has 0 aromatic heterocycles. The molecule has 0 bridgehead atoms. The molecule has 0 radical (unpaired) electrons. The van der Waals surface area contributed by atoms with E-state index in [0.717, 1.165) is 25.2 Å². The molecule has 1 heterocycles. The highest BCUT2D eigenvalue weighted by Gasteiger charge is 2.15. The van der Waals surface area contributed by atoms with Crippen molar-refractivity contribution in [2.24, 2.45) is 0 Å². The van der Waals surface area contributed by atoms with E-state index in [1.807, 2.05) is 0 Å². The number of hydrogen-bond donors (Lipinski definition) is 2. The van der Waals surface area contributed by atoms with Gasteiger partial charge in [-0.15, -0.1) is 0 Å². The van der Waals surface area contributed by atoms with Crippen molar-refractivity contribution >= 4 is 5.69 Å². The molecular formula is C14H20F2N2O2. The van der Waals surface area contributed by atoms with Crippen molar-refractivity contribution in [2.45, 2.75) is 13.0 Å². The predicted molar refractivity (Wildman–Crippen MR) is 72.9 cm³/mol. The van der Waals surface area contributed by atoms with Crippen LogP contribution >= 0.6 is 0 Å². The van der Waals surface area contributed by atoms with Gasteiger partial charge in [0, 0.05) is 32.2 Å². The molecule has 1 atom stereocenters. The minimum absolute atomic E-state index is 0.0779. The van der Waals surface area contributed by atoms with E-state index < -0.39 is 17.7 Å². The lowest BCUT2D eigenvalue weighted by Gasteiger charge is -2.28. The van der Waals surface area contributed by atoms with Gasteiger partial charge >= 0.3 is 0 Å². The fourth-order valence-corrected chi connectivity index (χ4v) is 2.16. The molecule has 2 N–H and O–H groups in total. The van der Waals surface area contributed by atoms with Crippen molar-refractivity contribution in [3.63, 3.8) is 0 Å². The maximum atomic E-state index is 13.6. The number of anilines is 1. The Labute approximate surface area is 117 Å². The number of ether oxygens (including phenoxy) is 1. The van der Waals surface area contributed by atoms with Gasteiger partial charge in [0.25, 0.3) is 0 Å². The second-order valence-corrected chi connectivity index (χ2v) is 5.03. The molecule has 0 aliphatic carbocycles. The first-order valence-corrected chi connectivity index (χ1v) is 6.74. The first-order chi connectivity index (χ1) is 9.56. The largest absolute Gasteiger partial charge is 0.390 e. The van der Waals surface area contributed by atoms with Crippen LogP contribution in [0.3, 0.4) is 0 Å². The number of nitrogens with zero attached hydrogens (tertiary/aromatic N) is 1. The third kappa shape index (κ3) is 4.13. The zero-order valence-electron chi connectivity index (χ0n) is 11.5. The number of benzene rings is 1. The van der Waals surface area contributed by atoms with Crippen LogP contribution < -0.4 is 5.32 Å². The van der Waals surface area contributed by atoms with Gasteiger partial charge in [-0.3, -0.25) is 4.90 Å². The van der Waals surface area contributed by atoms with Crippen molar-refractivity contribution in [3.05, 3.63) is 29.3 Å². The van der Waals surface area contributed by atoms with E-state index in [4.69, 9.17) is 4.74 Å². The number of β-amino-alcohol motifs (C(OH)–C–C–N with tert-alkyl or cyclic N) is 1. The molecule has 0 spiro atoms. The Morgan fingerprint density at radius 2 is 2.00 bits per heavy atom. The molecule has 1 aromatic rings. The summed E-state index contributed by atoms with van der Waals surface area (Å²) >= 11 is 0. The lowest BCUT2D eigenvalue weighted by molar-refractivity contribution is 0.0171. The first kappa shape index (κ1) is 15.2. The maximum absolute atomic E-state index is 13.6. The van der Waals surface area contributed by atoms with Crippen molar-refractivity contribution in [1.82, 2.24) is 4.90 Å². The predicted octanol–water partition coefficient (Wildman–Crippen LogP) is 1.38. The zero-order chi connectivity index (χ0) is 14.5. The average Bonchev–Trinajstić information content (AvgIpc) is 2.42. The van der Waals surface area contributed by atoms with Crippen LogP contribution in [0.5, 0.6) is 0 Å². The van der Waals surface area contributed by atoms with Crippen molar-refractivity contribution in [1.29, 1.82) is 0 Å². The number of nitrogens with one attached hydrogen (secondary N) is 1. The SMILES string of the molecule is Cc1cc(F)c(NCC(O)CN2CCOCC2)cc1F. The van der Waals surface area contributed by atoms with Gasteiger partial charge in [-0.2, -0.15) is 0 Å². The summed E-state index contributed by atoms with van der Waals surface area (Å²) < 4.78 is 32.2. The smallest absolute Gasteiger partial charge is 0.146 e. The van der Waals surface area contributed by atoms with E-state index in [2.05, 4.69) is 10.2 Å². The number of hydrogen-bond acceptors (Lipinski definition) is 4. The molecule has 0 amide bonds. The number of rotatable bonds is 5. The summed E-state index contributed by atoms with van der Waals surface area (Å²) in [6.07, 6.45) is -0.642. The maximum Gasteiger partial charge on any atom is 0.146 e. The minimum atomic E-state index is -0.642. The summed E-state index contributed by atoms with van der Waals surface area (Å²) in [5.41, 5.74) is 0.344. The molecule has 20 heavy (non-hydrogen) atoms. The monoisotopic (exact) mass is 286 g/mol. The fourth-order valence-electron chi connectivity index (χ4n) is 2.16. The average molecular weight is 286 g/mol. The molecule has 6 heteroatoms. The van der Waals surface area contributed by atoms with E-state index in [1.54, 1.807) is 0 Å². The topological polar surface area (TPSA) is 44.7 Å². The van der Waals surface area contributed by atoms with Crippen molar-refractivity contribution < 1.29 is 18.6 Å². The van der Waals surface area contributed by atoms with Gasteiger partial charge in [0.15, 0.2) is 0 Å². The summed E-state index contributed by atoms with van der Waals surface area (Å²) in [4.78, 5) is 2.09. The van der Waals surface area contributed by atoms with E-state index in [-0.39, 0.29) is 17.8 Å². The van der Waals surface area contributed by atoms with Gasteiger partial charge in [0.2, 0.25) is 0 Å². The van der Waals surface area contributed by atoms with Crippen LogP contribution in [0.4, 0.5) is 14.5 Å². The van der Waals surface area contributed by atoms with Crippen LogP contribution in [0.15, 0.2) is 12.1 Å². The molecule has 1 unspecified atom stereocenters. The second kappa shape index (κ2) is 6.97. The molecule has 0 saturated carbocycles. The number of aliphatic hydroxyl groups is 1. The standard InChI is InChI=1S/C14H20F2N2O2/c1-10-6-13(16)14(7-12(10)15)17-8-11(19)9-18-2-4-20-5-3-18/h6-7,11,17,19H,2-5,8-9H2,1H3. The van der Waals surface area contributed by atoms with Gasteiger partial charge < -0.3 is 15.2 Å². The molecule has 112 valence electrons. The quantitative estimate of drug-likeness (QED) is 0.858. The van der Waals surface area contributed by atoms with Crippen LogP contribution in [0.25, 0.3) is 0 Å². The van der Waals surface area contributed by atoms with Crippen LogP contribution in [0.2, 0.25) is 0 Å². The van der Waals surface area contributed by atoms with E-state index in [0.29, 0.717) is 19.8 Å². The molecule has 1 aromatic carbocycles. The first-order valence-electron chi connectivity index (χ1n) is 6.74. The number of halogens is 2. The Bertz CT molecular complexity index is 451. The second-order valence-electron chi connectivity index (χ2n) is 5.03. The van der Waals surface area contributed by atoms with Crippen LogP contribution in [-0.4, -0.2) is 55.5 Å². The minimum Gasteiger partial charge on any atom is -0.390 e. The number of aliphatic hydroxyl groups excluding tert-OH is 1. The Balaban J connectivity index is 1.83. The third-order valence-electron chi connectivity index (χ3n) is 3.35. The van der Waals surface area contributed by atoms with E-state index >= 15 is 0 Å². The Morgan fingerprint density at radius 1 is 1.30 bits per heavy atom. The molecule has 1 fully saturated rings. The van der Waals surface area contributed by atoms with Crippen LogP contribution in [-0.2, 0) is 4.74 Å². The normalized spacial score (nSPS) is 18.0. The summed E-state index contributed by atoms with van der Waals surface area (Å²) in [7, 11) is 0. The lowest BCUT2D eigenvalue weighted by Crippen LogP contribution is -2.42. The van der Waals surface area contributed by atoms with Crippen LogP contribution in [0, 0.1) is 18.6 Å². The van der Waals surface area contributed by atoms with Crippen LogP contribution in [0.1, 0.15) is 5.56 Å². The number of aryl methyl sites for hydroxylation is 1. The highest BCUT2D eigenvalue weighted by atomic mass is 19.1. The summed E-state index contributed by atoms with van der Waals surface area (Å²) in [6.45, 7) is 5.07.